The Bertz CT molecular complexity index is 1040. The van der Waals surface area contributed by atoms with E-state index in [1.807, 2.05) is 6.92 Å². The molecule has 5 rings (SSSR count). The normalized spacial score (nSPS) is 53.9. The summed E-state index contributed by atoms with van der Waals surface area (Å²) in [4.78, 5) is 24.9. The molecule has 0 saturated heterocycles. The lowest BCUT2D eigenvalue weighted by Crippen LogP contribution is -2.68. The number of allylic oxidation sites excluding steroid dienone is 2. The third kappa shape index (κ3) is 3.37. The third-order valence-electron chi connectivity index (χ3n) is 13.8. The van der Waals surface area contributed by atoms with Crippen LogP contribution in [0, 0.1) is 56.7 Å². The van der Waals surface area contributed by atoms with E-state index in [4.69, 9.17) is 4.74 Å². The number of carboxylic acid groups (broad SMARTS) is 1. The summed E-state index contributed by atoms with van der Waals surface area (Å²) < 4.78 is 5.71. The summed E-state index contributed by atoms with van der Waals surface area (Å²) in [6.45, 7) is 15.0. The van der Waals surface area contributed by atoms with Gasteiger partial charge in [0, 0.05) is 12.3 Å². The van der Waals surface area contributed by atoms with E-state index in [-0.39, 0.29) is 40.6 Å². The SMILES string of the molecule is CC(=O)OC1CC2(C)C(CCC3(C)C2CC=C2C4C(C)C(C)CCC4(C(=O)O)CCC23C)C(C)(CO)C1O. The van der Waals surface area contributed by atoms with Crippen LogP contribution < -0.4 is 0 Å². The molecule has 6 heteroatoms. The summed E-state index contributed by atoms with van der Waals surface area (Å²) in [6.07, 6.45) is 7.57. The Hall–Kier alpha value is -1.40. The number of aliphatic hydroxyl groups excluding tert-OH is 2. The molecule has 5 aliphatic carbocycles. The van der Waals surface area contributed by atoms with Crippen LogP contribution in [0.3, 0.4) is 0 Å². The predicted molar refractivity (Wildman–Crippen MR) is 145 cm³/mol. The Morgan fingerprint density at radius 2 is 1.71 bits per heavy atom. The molecule has 0 bridgehead atoms. The van der Waals surface area contributed by atoms with Gasteiger partial charge in [-0.1, -0.05) is 53.2 Å². The zero-order valence-corrected chi connectivity index (χ0v) is 24.5. The van der Waals surface area contributed by atoms with Crippen molar-refractivity contribution in [1.29, 1.82) is 0 Å². The fraction of sp³-hybridized carbons (Fsp3) is 0.875. The molecular weight excluding hydrogens is 480 g/mol. The highest BCUT2D eigenvalue weighted by molar-refractivity contribution is 5.76. The number of carbonyl (C=O) groups excluding carboxylic acids is 1. The maximum atomic E-state index is 12.9. The largest absolute Gasteiger partial charge is 0.481 e. The molecule has 3 N–H and O–H groups in total. The number of fused-ring (bicyclic) bond motifs is 7. The predicted octanol–water partition coefficient (Wildman–Crippen LogP) is 5.60. The molecule has 0 amide bonds. The fourth-order valence-electron chi connectivity index (χ4n) is 11.3. The van der Waals surface area contributed by atoms with Gasteiger partial charge in [0.15, 0.2) is 0 Å². The quantitative estimate of drug-likeness (QED) is 0.324. The molecule has 5 aliphatic rings. The maximum absolute atomic E-state index is 12.9. The first-order valence-corrected chi connectivity index (χ1v) is 15.0. The molecule has 0 spiro atoms. The van der Waals surface area contributed by atoms with Crippen molar-refractivity contribution >= 4 is 11.9 Å². The van der Waals surface area contributed by atoms with E-state index in [2.05, 4.69) is 40.7 Å². The van der Waals surface area contributed by atoms with Crippen LogP contribution in [0.25, 0.3) is 0 Å². The minimum Gasteiger partial charge on any atom is -0.481 e. The smallest absolute Gasteiger partial charge is 0.310 e. The maximum Gasteiger partial charge on any atom is 0.310 e. The highest BCUT2D eigenvalue weighted by Crippen LogP contribution is 2.75. The highest BCUT2D eigenvalue weighted by Gasteiger charge is 2.71. The minimum absolute atomic E-state index is 0.0488. The Labute approximate surface area is 228 Å². The first-order chi connectivity index (χ1) is 17.6. The number of ether oxygens (including phenoxy) is 1. The van der Waals surface area contributed by atoms with Crippen LogP contribution in [0.2, 0.25) is 0 Å². The molecule has 4 fully saturated rings. The standard InChI is InChI=1S/C32H50O6/c1-18-10-13-32(27(36)37)15-14-30(6)21(25(32)19(18)2)8-9-24-28(4)16-22(38-20(3)34)26(35)29(5,17-33)23(28)11-12-31(24,30)7/h8,18-19,22-26,33,35H,9-17H2,1-7H3,(H,36,37). The summed E-state index contributed by atoms with van der Waals surface area (Å²) in [5, 5.41) is 32.6. The molecule has 12 atom stereocenters. The van der Waals surface area contributed by atoms with E-state index < -0.39 is 35.0 Å². The molecule has 0 aliphatic heterocycles. The summed E-state index contributed by atoms with van der Waals surface area (Å²) in [5.41, 5.74) is -0.414. The molecule has 6 nitrogen and oxygen atoms in total. The summed E-state index contributed by atoms with van der Waals surface area (Å²) in [7, 11) is 0. The molecule has 0 radical (unpaired) electrons. The number of aliphatic hydroxyl groups is 2. The lowest BCUT2D eigenvalue weighted by atomic mass is 9.33. The number of hydrogen-bond donors (Lipinski definition) is 3. The molecule has 0 aromatic carbocycles. The molecule has 12 unspecified atom stereocenters. The highest BCUT2D eigenvalue weighted by atomic mass is 16.6. The van der Waals surface area contributed by atoms with Gasteiger partial charge in [0.25, 0.3) is 0 Å². The van der Waals surface area contributed by atoms with E-state index in [1.54, 1.807) is 0 Å². The number of carbonyl (C=O) groups is 2. The average Bonchev–Trinajstić information content (AvgIpc) is 2.84. The van der Waals surface area contributed by atoms with E-state index in [1.165, 1.54) is 12.5 Å². The number of hydrogen-bond acceptors (Lipinski definition) is 5. The second-order valence-corrected chi connectivity index (χ2v) is 15.1. The van der Waals surface area contributed by atoms with Crippen molar-refractivity contribution in [1.82, 2.24) is 0 Å². The fourth-order valence-corrected chi connectivity index (χ4v) is 11.3. The molecule has 0 heterocycles. The summed E-state index contributed by atoms with van der Waals surface area (Å²) in [5.74, 6) is 0.274. The van der Waals surface area contributed by atoms with Crippen LogP contribution in [-0.2, 0) is 14.3 Å². The van der Waals surface area contributed by atoms with Gasteiger partial charge in [-0.2, -0.15) is 0 Å². The van der Waals surface area contributed by atoms with Crippen LogP contribution in [0.1, 0.15) is 99.8 Å². The number of esters is 1. The van der Waals surface area contributed by atoms with Gasteiger partial charge in [0.05, 0.1) is 18.1 Å². The van der Waals surface area contributed by atoms with Crippen molar-refractivity contribution in [2.75, 3.05) is 6.61 Å². The summed E-state index contributed by atoms with van der Waals surface area (Å²) >= 11 is 0. The van der Waals surface area contributed by atoms with E-state index in [0.717, 1.165) is 44.9 Å². The lowest BCUT2D eigenvalue weighted by molar-refractivity contribution is -0.248. The van der Waals surface area contributed by atoms with Crippen LogP contribution in [-0.4, -0.2) is 46.1 Å². The molecule has 0 aromatic heterocycles. The van der Waals surface area contributed by atoms with E-state index in [0.29, 0.717) is 18.3 Å². The van der Waals surface area contributed by atoms with Crippen molar-refractivity contribution in [3.8, 4) is 0 Å². The van der Waals surface area contributed by atoms with Gasteiger partial charge in [-0.05, 0) is 97.2 Å². The Kier molecular flexibility index (Phi) is 6.52. The molecule has 38 heavy (non-hydrogen) atoms. The summed E-state index contributed by atoms with van der Waals surface area (Å²) in [6, 6.07) is 0. The van der Waals surface area contributed by atoms with Crippen LogP contribution >= 0.6 is 0 Å². The zero-order valence-electron chi connectivity index (χ0n) is 24.5. The van der Waals surface area contributed by atoms with Crippen LogP contribution in [0.4, 0.5) is 0 Å². The van der Waals surface area contributed by atoms with Gasteiger partial charge in [0.1, 0.15) is 6.10 Å². The van der Waals surface area contributed by atoms with Gasteiger partial charge in [0.2, 0.25) is 0 Å². The van der Waals surface area contributed by atoms with Crippen molar-refractivity contribution in [2.45, 2.75) is 112 Å². The lowest BCUT2D eigenvalue weighted by Gasteiger charge is -2.71. The second kappa shape index (κ2) is 8.80. The van der Waals surface area contributed by atoms with Gasteiger partial charge in [-0.15, -0.1) is 0 Å². The molecule has 0 aromatic rings. The first-order valence-electron chi connectivity index (χ1n) is 15.0. The van der Waals surface area contributed by atoms with Gasteiger partial charge in [-0.3, -0.25) is 9.59 Å². The van der Waals surface area contributed by atoms with Crippen molar-refractivity contribution < 1.29 is 29.6 Å². The Balaban J connectivity index is 1.62. The van der Waals surface area contributed by atoms with E-state index in [9.17, 15) is 24.9 Å². The Morgan fingerprint density at radius 1 is 1.03 bits per heavy atom. The molecule has 4 saturated carbocycles. The van der Waals surface area contributed by atoms with Gasteiger partial charge < -0.3 is 20.1 Å². The van der Waals surface area contributed by atoms with Crippen molar-refractivity contribution in [3.63, 3.8) is 0 Å². The van der Waals surface area contributed by atoms with E-state index >= 15 is 0 Å². The van der Waals surface area contributed by atoms with Gasteiger partial charge in [-0.25, -0.2) is 0 Å². The minimum atomic E-state index is -0.903. The zero-order chi connectivity index (χ0) is 28.1. The number of rotatable bonds is 3. The number of carboxylic acids is 1. The molecular formula is C32H50O6. The molecule has 214 valence electrons. The van der Waals surface area contributed by atoms with Crippen molar-refractivity contribution in [3.05, 3.63) is 11.6 Å². The van der Waals surface area contributed by atoms with Crippen LogP contribution in [0.15, 0.2) is 11.6 Å². The monoisotopic (exact) mass is 530 g/mol. The van der Waals surface area contributed by atoms with Gasteiger partial charge >= 0.3 is 11.9 Å². The first kappa shape index (κ1) is 28.1. The Morgan fingerprint density at radius 3 is 2.32 bits per heavy atom. The topological polar surface area (TPSA) is 104 Å². The third-order valence-corrected chi connectivity index (χ3v) is 13.8. The van der Waals surface area contributed by atoms with Crippen molar-refractivity contribution in [2.24, 2.45) is 56.7 Å². The number of aliphatic carboxylic acids is 1. The van der Waals surface area contributed by atoms with Crippen LogP contribution in [0.5, 0.6) is 0 Å². The average molecular weight is 531 g/mol. The second-order valence-electron chi connectivity index (χ2n) is 15.1.